The lowest BCUT2D eigenvalue weighted by atomic mass is 9.72. The minimum Gasteiger partial charge on any atom is -0.508 e. The maximum Gasteiger partial charge on any atom is 0.233 e. The second-order valence-electron chi connectivity index (χ2n) is 7.50. The second kappa shape index (κ2) is 6.37. The maximum absolute atomic E-state index is 13.3. The van der Waals surface area contributed by atoms with Crippen LogP contribution in [0, 0.1) is 6.92 Å². The molecule has 140 valence electrons. The molecule has 0 saturated carbocycles. The standard InChI is InChI=1S/C23H20N2O3/c1-13-20-21(15-8-5-9-17(26)10-15)22-18(24-23(20)28-25-13)11-16(12-19(22)27)14-6-3-2-4-7-14/h2-10,16,21,24,26H,11-12H2,1H3/t16-,21-/m0/s1. The van der Waals surface area contributed by atoms with Crippen LogP contribution in [0.4, 0.5) is 5.88 Å². The Morgan fingerprint density at radius 1 is 1.07 bits per heavy atom. The minimum absolute atomic E-state index is 0.127. The van der Waals surface area contributed by atoms with Crippen molar-refractivity contribution in [1.29, 1.82) is 0 Å². The van der Waals surface area contributed by atoms with Gasteiger partial charge in [0.05, 0.1) is 11.3 Å². The summed E-state index contributed by atoms with van der Waals surface area (Å²) in [6.45, 7) is 1.88. The van der Waals surface area contributed by atoms with Gasteiger partial charge in [0.1, 0.15) is 5.75 Å². The molecule has 1 aliphatic carbocycles. The average Bonchev–Trinajstić information content (AvgIpc) is 3.07. The molecule has 2 N–H and O–H groups in total. The van der Waals surface area contributed by atoms with E-state index < -0.39 is 0 Å². The zero-order chi connectivity index (χ0) is 19.3. The smallest absolute Gasteiger partial charge is 0.233 e. The number of nitrogens with zero attached hydrogens (tertiary/aromatic N) is 1. The van der Waals surface area contributed by atoms with Crippen LogP contribution in [-0.4, -0.2) is 16.0 Å². The average molecular weight is 372 g/mol. The molecule has 28 heavy (non-hydrogen) atoms. The normalized spacial score (nSPS) is 21.1. The number of aromatic nitrogens is 1. The summed E-state index contributed by atoms with van der Waals surface area (Å²) in [5, 5.41) is 17.5. The van der Waals surface area contributed by atoms with Crippen molar-refractivity contribution < 1.29 is 14.4 Å². The summed E-state index contributed by atoms with van der Waals surface area (Å²) < 4.78 is 5.52. The van der Waals surface area contributed by atoms with Crippen LogP contribution >= 0.6 is 0 Å². The van der Waals surface area contributed by atoms with Gasteiger partial charge in [-0.3, -0.25) is 4.79 Å². The maximum atomic E-state index is 13.3. The highest BCUT2D eigenvalue weighted by Gasteiger charge is 2.41. The number of phenolic OH excluding ortho intramolecular Hbond substituents is 1. The molecule has 5 rings (SSSR count). The Morgan fingerprint density at radius 2 is 1.86 bits per heavy atom. The first-order chi connectivity index (χ1) is 13.6. The molecule has 0 spiro atoms. The van der Waals surface area contributed by atoms with Gasteiger partial charge in [-0.2, -0.15) is 0 Å². The van der Waals surface area contributed by atoms with Crippen molar-refractivity contribution in [2.45, 2.75) is 31.6 Å². The fraction of sp³-hybridized carbons (Fsp3) is 0.217. The third kappa shape index (κ3) is 2.62. The van der Waals surface area contributed by atoms with E-state index in [4.69, 9.17) is 4.52 Å². The van der Waals surface area contributed by atoms with E-state index in [1.165, 1.54) is 0 Å². The number of aryl methyl sites for hydroxylation is 1. The van der Waals surface area contributed by atoms with E-state index in [-0.39, 0.29) is 23.4 Å². The molecule has 2 heterocycles. The van der Waals surface area contributed by atoms with Gasteiger partial charge in [0.15, 0.2) is 5.78 Å². The van der Waals surface area contributed by atoms with Crippen LogP contribution in [0.15, 0.2) is 70.4 Å². The Kier molecular flexibility index (Phi) is 3.83. The number of nitrogens with one attached hydrogen (secondary N) is 1. The van der Waals surface area contributed by atoms with Crippen LogP contribution in [0.2, 0.25) is 0 Å². The lowest BCUT2D eigenvalue weighted by Crippen LogP contribution is -2.29. The molecule has 1 aromatic heterocycles. The first kappa shape index (κ1) is 16.8. The molecule has 0 amide bonds. The molecule has 3 aromatic rings. The van der Waals surface area contributed by atoms with Crippen LogP contribution in [-0.2, 0) is 4.79 Å². The highest BCUT2D eigenvalue weighted by Crippen LogP contribution is 2.49. The van der Waals surface area contributed by atoms with Crippen molar-refractivity contribution in [3.63, 3.8) is 0 Å². The summed E-state index contributed by atoms with van der Waals surface area (Å²) in [7, 11) is 0. The van der Waals surface area contributed by atoms with Crippen molar-refractivity contribution in [2.75, 3.05) is 5.32 Å². The van der Waals surface area contributed by atoms with Gasteiger partial charge < -0.3 is 14.9 Å². The van der Waals surface area contributed by atoms with Crippen LogP contribution in [0.25, 0.3) is 0 Å². The van der Waals surface area contributed by atoms with Crippen molar-refractivity contribution in [3.05, 3.63) is 88.3 Å². The molecular formula is C23H20N2O3. The first-order valence-electron chi connectivity index (χ1n) is 9.45. The number of ketones is 1. The van der Waals surface area contributed by atoms with E-state index in [9.17, 15) is 9.90 Å². The summed E-state index contributed by atoms with van der Waals surface area (Å²) in [5.41, 5.74) is 5.31. The molecule has 5 heteroatoms. The highest BCUT2D eigenvalue weighted by molar-refractivity contribution is 6.01. The van der Waals surface area contributed by atoms with Gasteiger partial charge in [-0.1, -0.05) is 47.6 Å². The number of anilines is 1. The number of aromatic hydroxyl groups is 1. The summed E-state index contributed by atoms with van der Waals surface area (Å²) in [5.74, 6) is 0.747. The Balaban J connectivity index is 1.64. The van der Waals surface area contributed by atoms with Crippen LogP contribution in [0.1, 0.15) is 47.1 Å². The van der Waals surface area contributed by atoms with E-state index >= 15 is 0 Å². The second-order valence-corrected chi connectivity index (χ2v) is 7.50. The lowest BCUT2D eigenvalue weighted by Gasteiger charge is -2.34. The number of allylic oxidation sites excluding steroid dienone is 2. The largest absolute Gasteiger partial charge is 0.508 e. The third-order valence-electron chi connectivity index (χ3n) is 5.73. The number of fused-ring (bicyclic) bond motifs is 1. The summed E-state index contributed by atoms with van der Waals surface area (Å²) >= 11 is 0. The number of Topliss-reactive ketones (excluding diaryl/α,β-unsaturated/α-hetero) is 1. The minimum atomic E-state index is -0.283. The Labute approximate surface area is 162 Å². The van der Waals surface area contributed by atoms with Crippen LogP contribution in [0.3, 0.4) is 0 Å². The molecule has 0 fully saturated rings. The number of phenols is 1. The van der Waals surface area contributed by atoms with Crippen LogP contribution in [0.5, 0.6) is 5.75 Å². The summed E-state index contributed by atoms with van der Waals surface area (Å²) in [6.07, 6.45) is 1.21. The number of carbonyl (C=O) groups excluding carboxylic acids is 1. The molecule has 0 saturated heterocycles. The summed E-state index contributed by atoms with van der Waals surface area (Å²) in [6, 6.07) is 17.2. The summed E-state index contributed by atoms with van der Waals surface area (Å²) in [4.78, 5) is 13.3. The number of hydrogen-bond donors (Lipinski definition) is 2. The monoisotopic (exact) mass is 372 g/mol. The highest BCUT2D eigenvalue weighted by atomic mass is 16.5. The Bertz CT molecular complexity index is 1100. The quantitative estimate of drug-likeness (QED) is 0.685. The molecule has 0 unspecified atom stereocenters. The number of carbonyl (C=O) groups is 1. The van der Waals surface area contributed by atoms with Gasteiger partial charge >= 0.3 is 0 Å². The van der Waals surface area contributed by atoms with Gasteiger partial charge in [-0.05, 0) is 42.5 Å². The Morgan fingerprint density at radius 3 is 2.64 bits per heavy atom. The van der Waals surface area contributed by atoms with Gasteiger partial charge in [0.2, 0.25) is 5.88 Å². The first-order valence-corrected chi connectivity index (χ1v) is 9.45. The zero-order valence-electron chi connectivity index (χ0n) is 15.5. The predicted octanol–water partition coefficient (Wildman–Crippen LogP) is 4.65. The number of benzene rings is 2. The molecule has 2 aromatic carbocycles. The van der Waals surface area contributed by atoms with E-state index in [0.717, 1.165) is 40.1 Å². The molecule has 5 nitrogen and oxygen atoms in total. The van der Waals surface area contributed by atoms with Crippen molar-refractivity contribution in [3.8, 4) is 5.75 Å². The SMILES string of the molecule is Cc1noc2c1[C@H](c1cccc(O)c1)C1=C(C[C@H](c3ccccc3)CC1=O)N2. The molecule has 2 aliphatic rings. The molecule has 0 radical (unpaired) electrons. The number of rotatable bonds is 2. The zero-order valence-corrected chi connectivity index (χ0v) is 15.5. The van der Waals surface area contributed by atoms with E-state index in [2.05, 4.69) is 22.6 Å². The van der Waals surface area contributed by atoms with Crippen molar-refractivity contribution >= 4 is 11.7 Å². The van der Waals surface area contributed by atoms with Crippen molar-refractivity contribution in [2.24, 2.45) is 0 Å². The van der Waals surface area contributed by atoms with Gasteiger partial charge in [-0.25, -0.2) is 0 Å². The van der Waals surface area contributed by atoms with Crippen molar-refractivity contribution in [1.82, 2.24) is 5.16 Å². The third-order valence-corrected chi connectivity index (χ3v) is 5.73. The lowest BCUT2D eigenvalue weighted by molar-refractivity contribution is -0.116. The molecule has 1 aliphatic heterocycles. The fourth-order valence-corrected chi connectivity index (χ4v) is 4.47. The fourth-order valence-electron chi connectivity index (χ4n) is 4.47. The van der Waals surface area contributed by atoms with Gasteiger partial charge in [0.25, 0.3) is 0 Å². The molecular weight excluding hydrogens is 352 g/mol. The Hall–Kier alpha value is -3.34. The molecule has 2 atom stereocenters. The van der Waals surface area contributed by atoms with E-state index in [1.54, 1.807) is 18.2 Å². The van der Waals surface area contributed by atoms with E-state index in [0.29, 0.717) is 12.3 Å². The van der Waals surface area contributed by atoms with E-state index in [1.807, 2.05) is 31.2 Å². The number of hydrogen-bond acceptors (Lipinski definition) is 5. The van der Waals surface area contributed by atoms with Gasteiger partial charge in [-0.15, -0.1) is 0 Å². The van der Waals surface area contributed by atoms with Gasteiger partial charge in [0, 0.05) is 23.6 Å². The predicted molar refractivity (Wildman–Crippen MR) is 105 cm³/mol. The van der Waals surface area contributed by atoms with Crippen LogP contribution < -0.4 is 5.32 Å². The molecule has 0 bridgehead atoms. The topological polar surface area (TPSA) is 75.4 Å².